The molecule has 0 aliphatic heterocycles. The van der Waals surface area contributed by atoms with Gasteiger partial charge in [-0.2, -0.15) is 5.10 Å². The maximum absolute atomic E-state index is 12.7. The molecule has 0 atom stereocenters. The summed E-state index contributed by atoms with van der Waals surface area (Å²) in [4.78, 5) is 21.1. The molecular weight excluding hydrogens is 358 g/mol. The Morgan fingerprint density at radius 2 is 1.96 bits per heavy atom. The molecule has 6 nitrogen and oxygen atoms in total. The first-order chi connectivity index (χ1) is 13.2. The molecule has 0 unspecified atom stereocenters. The fourth-order valence-corrected chi connectivity index (χ4v) is 3.37. The second kappa shape index (κ2) is 7.51. The second-order valence-corrected chi connectivity index (χ2v) is 7.10. The zero-order valence-corrected chi connectivity index (χ0v) is 15.5. The van der Waals surface area contributed by atoms with E-state index in [1.165, 1.54) is 6.33 Å². The highest BCUT2D eigenvalue weighted by molar-refractivity contribution is 7.09. The van der Waals surface area contributed by atoms with Gasteiger partial charge in [0.05, 0.1) is 22.9 Å². The number of nitrogens with one attached hydrogen (secondary N) is 1. The predicted octanol–water partition coefficient (Wildman–Crippen LogP) is 4.01. The van der Waals surface area contributed by atoms with Gasteiger partial charge in [-0.25, -0.2) is 14.6 Å². The number of aromatic nitrogens is 4. The van der Waals surface area contributed by atoms with Crippen LogP contribution in [0.5, 0.6) is 0 Å². The van der Waals surface area contributed by atoms with Crippen molar-refractivity contribution in [2.75, 3.05) is 5.32 Å². The normalized spacial score (nSPS) is 10.7. The van der Waals surface area contributed by atoms with E-state index in [2.05, 4.69) is 20.4 Å². The number of aryl methyl sites for hydroxylation is 1. The summed E-state index contributed by atoms with van der Waals surface area (Å²) in [6, 6.07) is 15.2. The number of anilines is 1. The van der Waals surface area contributed by atoms with Crippen LogP contribution in [0, 0.1) is 6.92 Å². The quantitative estimate of drug-likeness (QED) is 0.572. The fraction of sp³-hybridized carbons (Fsp3) is 0.100. The van der Waals surface area contributed by atoms with E-state index >= 15 is 0 Å². The van der Waals surface area contributed by atoms with Gasteiger partial charge < -0.3 is 5.32 Å². The largest absolute Gasteiger partial charge is 0.321 e. The van der Waals surface area contributed by atoms with Crippen molar-refractivity contribution >= 4 is 22.9 Å². The smallest absolute Gasteiger partial charge is 0.255 e. The first kappa shape index (κ1) is 17.1. The van der Waals surface area contributed by atoms with Gasteiger partial charge in [0.2, 0.25) is 0 Å². The third-order valence-electron chi connectivity index (χ3n) is 4.10. The molecule has 0 radical (unpaired) electrons. The number of nitrogens with zero attached hydrogens (tertiary/aromatic N) is 4. The number of hydrogen-bond donors (Lipinski definition) is 1. The molecule has 2 aromatic heterocycles. The lowest BCUT2D eigenvalue weighted by atomic mass is 10.1. The van der Waals surface area contributed by atoms with Gasteiger partial charge in [-0.15, -0.1) is 11.3 Å². The lowest BCUT2D eigenvalue weighted by Crippen LogP contribution is -2.12. The molecule has 2 aromatic carbocycles. The molecule has 0 saturated heterocycles. The van der Waals surface area contributed by atoms with Crippen LogP contribution in [0.4, 0.5) is 5.69 Å². The van der Waals surface area contributed by atoms with Crippen LogP contribution >= 0.6 is 11.3 Å². The van der Waals surface area contributed by atoms with Gasteiger partial charge in [-0.1, -0.05) is 30.3 Å². The molecule has 1 N–H and O–H groups in total. The van der Waals surface area contributed by atoms with Crippen LogP contribution in [-0.2, 0) is 6.54 Å². The molecule has 0 bridgehead atoms. The van der Waals surface area contributed by atoms with Crippen LogP contribution in [0.2, 0.25) is 0 Å². The van der Waals surface area contributed by atoms with Crippen molar-refractivity contribution in [3.8, 4) is 11.3 Å². The van der Waals surface area contributed by atoms with E-state index in [-0.39, 0.29) is 5.91 Å². The van der Waals surface area contributed by atoms with Crippen molar-refractivity contribution < 1.29 is 4.79 Å². The van der Waals surface area contributed by atoms with Gasteiger partial charge in [-0.05, 0) is 30.7 Å². The Labute approximate surface area is 160 Å². The molecule has 0 aliphatic rings. The molecule has 7 heteroatoms. The van der Waals surface area contributed by atoms with E-state index in [1.54, 1.807) is 22.3 Å². The van der Waals surface area contributed by atoms with E-state index in [0.29, 0.717) is 12.1 Å². The molecule has 0 saturated carbocycles. The Hall–Kier alpha value is -3.32. The number of benzene rings is 2. The predicted molar refractivity (Wildman–Crippen MR) is 106 cm³/mol. The lowest BCUT2D eigenvalue weighted by Gasteiger charge is -2.10. The minimum atomic E-state index is -0.151. The van der Waals surface area contributed by atoms with Gasteiger partial charge in [0.1, 0.15) is 12.7 Å². The number of thiazole rings is 1. The number of para-hydroxylation sites is 1. The molecule has 1 amide bonds. The van der Waals surface area contributed by atoms with Crippen LogP contribution in [0.1, 0.15) is 20.9 Å². The summed E-state index contributed by atoms with van der Waals surface area (Å²) in [5.74, 6) is -0.151. The zero-order valence-electron chi connectivity index (χ0n) is 14.7. The monoisotopic (exact) mass is 375 g/mol. The van der Waals surface area contributed by atoms with Crippen molar-refractivity contribution in [3.05, 3.63) is 82.7 Å². The van der Waals surface area contributed by atoms with Crippen molar-refractivity contribution in [1.29, 1.82) is 0 Å². The molecule has 0 spiro atoms. The van der Waals surface area contributed by atoms with Gasteiger partial charge in [0, 0.05) is 16.5 Å². The number of carbonyl (C=O) groups is 1. The van der Waals surface area contributed by atoms with Crippen molar-refractivity contribution in [2.24, 2.45) is 0 Å². The number of rotatable bonds is 5. The minimum Gasteiger partial charge on any atom is -0.321 e. The van der Waals surface area contributed by atoms with E-state index in [4.69, 9.17) is 0 Å². The Morgan fingerprint density at radius 1 is 1.15 bits per heavy atom. The third kappa shape index (κ3) is 3.93. The summed E-state index contributed by atoms with van der Waals surface area (Å²) < 4.78 is 1.74. The first-order valence-corrected chi connectivity index (χ1v) is 9.31. The Kier molecular flexibility index (Phi) is 4.76. The minimum absolute atomic E-state index is 0.151. The topological polar surface area (TPSA) is 72.7 Å². The third-order valence-corrected chi connectivity index (χ3v) is 4.87. The number of carbonyl (C=O) groups excluding carboxylic acids is 1. The lowest BCUT2D eigenvalue weighted by molar-refractivity contribution is 0.102. The molecule has 4 rings (SSSR count). The average molecular weight is 375 g/mol. The molecule has 0 fully saturated rings. The highest BCUT2D eigenvalue weighted by Crippen LogP contribution is 2.29. The summed E-state index contributed by atoms with van der Waals surface area (Å²) in [7, 11) is 0. The van der Waals surface area contributed by atoms with Gasteiger partial charge in [0.25, 0.3) is 5.91 Å². The fourth-order valence-electron chi connectivity index (χ4n) is 2.76. The maximum atomic E-state index is 12.7. The van der Waals surface area contributed by atoms with Crippen LogP contribution in [-0.4, -0.2) is 25.7 Å². The van der Waals surface area contributed by atoms with E-state index < -0.39 is 0 Å². The van der Waals surface area contributed by atoms with E-state index in [0.717, 1.165) is 27.5 Å². The standard InChI is InChI=1S/C20H17N5OS/c1-14-23-19(11-27-14)17-4-2-3-5-18(17)24-20(26)16-8-6-15(7-9-16)10-25-13-21-12-22-25/h2-9,11-13H,10H2,1H3,(H,24,26). The van der Waals surface area contributed by atoms with Crippen LogP contribution in [0.25, 0.3) is 11.3 Å². The van der Waals surface area contributed by atoms with E-state index in [9.17, 15) is 4.79 Å². The number of hydrogen-bond acceptors (Lipinski definition) is 5. The molecule has 0 aliphatic carbocycles. The van der Waals surface area contributed by atoms with Crippen molar-refractivity contribution in [1.82, 2.24) is 19.7 Å². The number of amides is 1. The SMILES string of the molecule is Cc1nc(-c2ccccc2NC(=O)c2ccc(Cn3cncn3)cc2)cs1. The summed E-state index contributed by atoms with van der Waals surface area (Å²) in [6.07, 6.45) is 3.17. The first-order valence-electron chi connectivity index (χ1n) is 8.43. The highest BCUT2D eigenvalue weighted by atomic mass is 32.1. The summed E-state index contributed by atoms with van der Waals surface area (Å²) >= 11 is 1.59. The molecule has 134 valence electrons. The molecular formula is C20H17N5OS. The van der Waals surface area contributed by atoms with Crippen LogP contribution in [0.15, 0.2) is 66.6 Å². The summed E-state index contributed by atoms with van der Waals surface area (Å²) in [6.45, 7) is 2.59. The maximum Gasteiger partial charge on any atom is 0.255 e. The van der Waals surface area contributed by atoms with Crippen LogP contribution in [0.3, 0.4) is 0 Å². The zero-order chi connectivity index (χ0) is 18.6. The van der Waals surface area contributed by atoms with Gasteiger partial charge >= 0.3 is 0 Å². The molecule has 27 heavy (non-hydrogen) atoms. The Balaban J connectivity index is 1.51. The molecule has 4 aromatic rings. The van der Waals surface area contributed by atoms with Crippen molar-refractivity contribution in [2.45, 2.75) is 13.5 Å². The van der Waals surface area contributed by atoms with Gasteiger partial charge in [0.15, 0.2) is 0 Å². The van der Waals surface area contributed by atoms with Gasteiger partial charge in [-0.3, -0.25) is 4.79 Å². The van der Waals surface area contributed by atoms with Crippen LogP contribution < -0.4 is 5.32 Å². The van der Waals surface area contributed by atoms with Crippen molar-refractivity contribution in [3.63, 3.8) is 0 Å². The molecule has 2 heterocycles. The highest BCUT2D eigenvalue weighted by Gasteiger charge is 2.12. The van der Waals surface area contributed by atoms with E-state index in [1.807, 2.05) is 60.8 Å². The Morgan fingerprint density at radius 3 is 2.67 bits per heavy atom. The Bertz CT molecular complexity index is 1050. The second-order valence-electron chi connectivity index (χ2n) is 6.04. The summed E-state index contributed by atoms with van der Waals surface area (Å²) in [5, 5.41) is 10.1. The summed E-state index contributed by atoms with van der Waals surface area (Å²) in [5.41, 5.74) is 4.19. The average Bonchev–Trinajstić information content (AvgIpc) is 3.34.